The van der Waals surface area contributed by atoms with Crippen molar-refractivity contribution in [2.45, 2.75) is 139 Å². The van der Waals surface area contributed by atoms with Crippen molar-refractivity contribution in [2.75, 3.05) is 82.1 Å². The molecule has 0 amide bonds. The predicted octanol–water partition coefficient (Wildman–Crippen LogP) is -1.34. The molecule has 0 saturated heterocycles. The molecule has 0 aliphatic carbocycles. The molecule has 0 fully saturated rings. The zero-order chi connectivity index (χ0) is 52.6. The van der Waals surface area contributed by atoms with Crippen molar-refractivity contribution >= 4 is 58.4 Å². The van der Waals surface area contributed by atoms with Crippen molar-refractivity contribution in [1.29, 1.82) is 0 Å². The van der Waals surface area contributed by atoms with Crippen molar-refractivity contribution in [1.82, 2.24) is 36.4 Å². The zero-order valence-electron chi connectivity index (χ0n) is 43.0. The van der Waals surface area contributed by atoms with Crippen LogP contribution in [0.25, 0.3) is 5.73 Å². The number of carboxylic acids is 2. The van der Waals surface area contributed by atoms with Gasteiger partial charge in [0, 0.05) is 18.9 Å². The first kappa shape index (κ1) is 86.5. The Balaban J connectivity index is -0.0000000687. The molecule has 0 aliphatic rings. The molecule has 0 radical (unpaired) electrons. The Kier molecular flexibility index (Phi) is 81.8. The first-order chi connectivity index (χ1) is 29.4. The number of rotatable bonds is 24. The maximum atomic E-state index is 10.9. The summed E-state index contributed by atoms with van der Waals surface area (Å²) < 4.78 is 0. The summed E-state index contributed by atoms with van der Waals surface area (Å²) in [5.74, 6) is -0.0255. The maximum absolute atomic E-state index is 10.9. The molecular weight excluding hydrogens is 888 g/mol. The summed E-state index contributed by atoms with van der Waals surface area (Å²) in [6.07, 6.45) is 2.29. The Morgan fingerprint density at radius 1 is 0.636 bits per heavy atom. The first-order valence-corrected chi connectivity index (χ1v) is 20.5. The van der Waals surface area contributed by atoms with E-state index in [0.29, 0.717) is 25.7 Å². The van der Waals surface area contributed by atoms with Crippen LogP contribution in [0.4, 0.5) is 0 Å². The number of nitrogens with one attached hydrogen (secondary N) is 6. The molecule has 21 nitrogen and oxygen atoms in total. The third-order valence-electron chi connectivity index (χ3n) is 7.43. The number of aliphatic hydroxyl groups excluding tert-OH is 1. The topological polar surface area (TPSA) is 322 Å². The van der Waals surface area contributed by atoms with Gasteiger partial charge in [-0.1, -0.05) is 20.3 Å². The molecule has 0 heterocycles. The van der Waals surface area contributed by atoms with Gasteiger partial charge in [0.2, 0.25) is 0 Å². The van der Waals surface area contributed by atoms with Crippen molar-refractivity contribution < 1.29 is 115 Å². The van der Waals surface area contributed by atoms with E-state index in [9.17, 15) is 43.2 Å². The van der Waals surface area contributed by atoms with E-state index >= 15 is 0 Å². The summed E-state index contributed by atoms with van der Waals surface area (Å²) in [5.41, 5.74) is 6.91. The second kappa shape index (κ2) is 62.4. The summed E-state index contributed by atoms with van der Waals surface area (Å²) in [6.45, 7) is 20.9. The molecular formula is C44H91KN8O13. The Bertz CT molecular complexity index is 1290. The predicted molar refractivity (Wildman–Crippen MR) is 259 cm³/mol. The van der Waals surface area contributed by atoms with E-state index in [4.69, 9.17) is 25.8 Å². The van der Waals surface area contributed by atoms with E-state index in [1.807, 2.05) is 18.9 Å². The van der Waals surface area contributed by atoms with Crippen LogP contribution in [-0.2, 0) is 47.9 Å². The average Bonchev–Trinajstić information content (AvgIpc) is 3.15. The number of nitrogens with zero attached hydrogens (tertiary/aromatic N) is 2. The van der Waals surface area contributed by atoms with Gasteiger partial charge in [0.25, 0.3) is 0 Å². The number of likely N-dealkylation sites (N-methyl/N-ethyl adjacent to an activating group) is 6. The third-order valence-corrected chi connectivity index (χ3v) is 7.43. The Labute approximate surface area is 439 Å². The van der Waals surface area contributed by atoms with E-state index < -0.39 is 24.2 Å². The molecule has 0 aromatic rings. The molecule has 9 N–H and O–H groups in total. The molecule has 66 heavy (non-hydrogen) atoms. The van der Waals surface area contributed by atoms with Crippen LogP contribution in [-0.4, -0.2) is 196 Å². The number of aliphatic carboxylic acids is 2. The van der Waals surface area contributed by atoms with Gasteiger partial charge in [-0.05, 0) is 132 Å². The van der Waals surface area contributed by atoms with E-state index in [2.05, 4.69) is 47.0 Å². The second-order valence-electron chi connectivity index (χ2n) is 14.5. The number of Topliss-reactive ketones (excluding diaryl/α,β-unsaturated/α-hetero) is 7. The van der Waals surface area contributed by atoms with Crippen molar-refractivity contribution in [3.63, 3.8) is 0 Å². The molecule has 22 heteroatoms. The van der Waals surface area contributed by atoms with E-state index in [0.717, 1.165) is 19.3 Å². The van der Waals surface area contributed by atoms with Crippen LogP contribution in [0.2, 0.25) is 0 Å². The molecule has 0 rings (SSSR count). The van der Waals surface area contributed by atoms with Crippen LogP contribution in [0.5, 0.6) is 0 Å². The molecule has 0 aliphatic heterocycles. The third kappa shape index (κ3) is 91.8. The van der Waals surface area contributed by atoms with Gasteiger partial charge in [0.15, 0.2) is 0 Å². The Morgan fingerprint density at radius 2 is 1.06 bits per heavy atom. The van der Waals surface area contributed by atoms with Gasteiger partial charge in [-0.15, -0.1) is 0 Å². The van der Waals surface area contributed by atoms with Crippen LogP contribution in [0, 0.1) is 0 Å². The fraction of sp³-hybridized carbons (Fsp3) is 0.750. The number of unbranched alkanes of at least 4 members (excludes halogenated alkanes) is 1. The molecule has 386 valence electrons. The number of aliphatic hydroxyl groups is 1. The number of hydrogen-bond acceptors (Lipinski definition) is 18. The van der Waals surface area contributed by atoms with Crippen molar-refractivity contribution in [3.05, 3.63) is 12.3 Å². The number of ketones is 7. The number of carboxylic acid groups (broad SMARTS) is 2. The minimum absolute atomic E-state index is 0. The normalized spacial score (nSPS) is 11.0. The first-order valence-electron chi connectivity index (χ1n) is 20.5. The van der Waals surface area contributed by atoms with Crippen LogP contribution in [0.1, 0.15) is 109 Å². The van der Waals surface area contributed by atoms with Crippen molar-refractivity contribution in [2.24, 2.45) is 0 Å². The van der Waals surface area contributed by atoms with Crippen LogP contribution < -0.4 is 78.0 Å². The average molecular weight is 979 g/mol. The van der Waals surface area contributed by atoms with Gasteiger partial charge >= 0.3 is 63.3 Å². The fourth-order valence-corrected chi connectivity index (χ4v) is 3.65. The number of carbonyl (C=O) groups excluding carboxylic acids is 8. The van der Waals surface area contributed by atoms with E-state index in [-0.39, 0.29) is 137 Å². The number of carbonyl (C=O) groups is 9. The molecule has 0 bridgehead atoms. The van der Waals surface area contributed by atoms with Gasteiger partial charge in [-0.25, -0.2) is 4.79 Å². The monoisotopic (exact) mass is 979 g/mol. The minimum atomic E-state index is -0.988. The van der Waals surface area contributed by atoms with Gasteiger partial charge in [-0.2, -0.15) is 6.54 Å². The fourth-order valence-electron chi connectivity index (χ4n) is 3.65. The molecule has 4 atom stereocenters. The molecule has 0 aromatic heterocycles. The quantitative estimate of drug-likeness (QED) is 0.0240. The van der Waals surface area contributed by atoms with Gasteiger partial charge in [-0.3, -0.25) is 58.3 Å². The van der Waals surface area contributed by atoms with E-state index in [1.54, 1.807) is 62.9 Å². The summed E-state index contributed by atoms with van der Waals surface area (Å²) in [6, 6.07) is -0.257. The largest absolute Gasteiger partial charge is 1.00 e. The minimum Gasteiger partial charge on any atom is -0.677 e. The molecule has 4 unspecified atom stereocenters. The maximum Gasteiger partial charge on any atom is 1.00 e. The summed E-state index contributed by atoms with van der Waals surface area (Å²) in [4.78, 5) is 105. The summed E-state index contributed by atoms with van der Waals surface area (Å²) >= 11 is 0. The van der Waals surface area contributed by atoms with E-state index in [1.165, 1.54) is 38.7 Å². The number of hydrogen-bond donors (Lipinski definition) is 8. The molecule has 0 aromatic carbocycles. The van der Waals surface area contributed by atoms with Crippen LogP contribution >= 0.6 is 0 Å². The summed E-state index contributed by atoms with van der Waals surface area (Å²) in [7, 11) is 12.0. The Morgan fingerprint density at radius 3 is 1.21 bits per heavy atom. The van der Waals surface area contributed by atoms with Crippen molar-refractivity contribution in [3.8, 4) is 0 Å². The Hall–Kier alpha value is -2.64. The molecule has 0 spiro atoms. The van der Waals surface area contributed by atoms with Crippen LogP contribution in [0.3, 0.4) is 0 Å². The van der Waals surface area contributed by atoms with Gasteiger partial charge in [0.05, 0.1) is 38.3 Å². The molecule has 0 saturated carbocycles. The SMILES string of the molecule is C.C=C=O.CC(=O)CN(C)C(C)C.CC(=O)CN(C)CC(=O)O.CNC(C)C(C)=O.CNC(CC(C)=O)C(=O)O.CNC(CCCC[NH-])C(C)=O.CNC(O)CC(C)=O.CNCC(C)=O.[K+]. The second-order valence-corrected chi connectivity index (χ2v) is 14.5. The smallest absolute Gasteiger partial charge is 0.677 e. The van der Waals surface area contributed by atoms with Gasteiger partial charge in [0.1, 0.15) is 58.7 Å². The standard InChI is InChI=1S/C8H17N2O.C7H15NO.2C6H11NO3.C5H11NO2.C5H11NO.C4H9NO.C2H2O.CH4.K/c1-7(11)8(10-2)5-3-4-6-9;1-6(2)8(4)5-7(3)9;1-5(8)3-7(2)4-6(9)10;1-4(8)3-5(7-2)6(9)10;1-4(7)3-5(8)6-2;1-4(6-3)5(2)7;1-4(6)3-5-2;1-2-3;;/h8-10H,3-6H2,1-2H3;6H,5H2,1-4H3;3-4H2,1-2H3,(H,9,10);5,7H,3H2,1-2H3,(H,9,10);5-6,8H,3H2,1-2H3;4,6H,1-3H3;5H,3H2,1-2H3;1H2;1H4;/q-1;;;;;;;;;+1. The summed E-state index contributed by atoms with van der Waals surface area (Å²) in [5, 5.41) is 38.9. The van der Waals surface area contributed by atoms with Gasteiger partial charge < -0.3 is 42.3 Å². The van der Waals surface area contributed by atoms with Crippen LogP contribution in [0.15, 0.2) is 6.58 Å². The zero-order valence-corrected chi connectivity index (χ0v) is 46.1.